The van der Waals surface area contributed by atoms with Crippen molar-refractivity contribution in [3.63, 3.8) is 0 Å². The molecule has 4 nitrogen and oxygen atoms in total. The maximum Gasteiger partial charge on any atom is 0.0446 e. The number of hydrogen-bond acceptors (Lipinski definition) is 4. The van der Waals surface area contributed by atoms with Crippen LogP contribution >= 0.6 is 0 Å². The Balaban J connectivity index is 1.50. The summed E-state index contributed by atoms with van der Waals surface area (Å²) in [7, 11) is 0. The van der Waals surface area contributed by atoms with E-state index in [0.717, 1.165) is 50.3 Å². The van der Waals surface area contributed by atoms with Gasteiger partial charge >= 0.3 is 0 Å². The Morgan fingerprint density at radius 2 is 1.94 bits per heavy atom. The van der Waals surface area contributed by atoms with Crippen LogP contribution in [-0.2, 0) is 12.8 Å². The molecule has 2 aliphatic heterocycles. The molecule has 0 amide bonds. The molecule has 2 saturated carbocycles. The second-order valence-corrected chi connectivity index (χ2v) is 10.5. The zero-order valence-electron chi connectivity index (χ0n) is 19.8. The molecule has 1 aromatic rings. The second-order valence-electron chi connectivity index (χ2n) is 10.5. The monoisotopic (exact) mass is 432 g/mol. The lowest BCUT2D eigenvalue weighted by atomic mass is 9.76. The summed E-state index contributed by atoms with van der Waals surface area (Å²) in [5.41, 5.74) is 8.08. The van der Waals surface area contributed by atoms with Gasteiger partial charge in [-0.25, -0.2) is 0 Å². The molecule has 2 heterocycles. The molecule has 1 saturated heterocycles. The second kappa shape index (κ2) is 9.43. The average molecular weight is 433 g/mol. The van der Waals surface area contributed by atoms with Crippen molar-refractivity contribution in [2.45, 2.75) is 83.2 Å². The number of anilines is 1. The lowest BCUT2D eigenvalue weighted by Gasteiger charge is -2.40. The summed E-state index contributed by atoms with van der Waals surface area (Å²) in [4.78, 5) is 2.56. The Kier molecular flexibility index (Phi) is 6.41. The first-order valence-electron chi connectivity index (χ1n) is 13.0. The van der Waals surface area contributed by atoms with Crippen LogP contribution in [0.15, 0.2) is 30.6 Å². The molecular formula is C28H40N4. The van der Waals surface area contributed by atoms with Gasteiger partial charge in [0.1, 0.15) is 0 Å². The maximum atomic E-state index is 8.23. The summed E-state index contributed by atoms with van der Waals surface area (Å²) in [5.74, 6) is 1.49. The number of allylic oxidation sites excluding steroid dienone is 2. The molecule has 2 aliphatic carbocycles. The van der Waals surface area contributed by atoms with Crippen LogP contribution in [0.25, 0.3) is 5.57 Å². The Labute approximate surface area is 194 Å². The van der Waals surface area contributed by atoms with Crippen LogP contribution in [0.3, 0.4) is 0 Å². The van der Waals surface area contributed by atoms with Crippen molar-refractivity contribution in [1.29, 1.82) is 5.41 Å². The van der Waals surface area contributed by atoms with Gasteiger partial charge in [-0.3, -0.25) is 0 Å². The minimum atomic E-state index is 0.511. The number of piperidine rings is 1. The topological polar surface area (TPSA) is 51.2 Å². The van der Waals surface area contributed by atoms with Gasteiger partial charge in [-0.1, -0.05) is 31.9 Å². The molecule has 1 unspecified atom stereocenters. The quantitative estimate of drug-likeness (QED) is 0.480. The van der Waals surface area contributed by atoms with Gasteiger partial charge in [0, 0.05) is 41.5 Å². The molecule has 4 aliphatic rings. The lowest BCUT2D eigenvalue weighted by Crippen LogP contribution is -2.38. The minimum absolute atomic E-state index is 0.511. The zero-order valence-corrected chi connectivity index (χ0v) is 19.8. The molecule has 0 bridgehead atoms. The fourth-order valence-corrected chi connectivity index (χ4v) is 5.84. The molecule has 0 radical (unpaired) electrons. The van der Waals surface area contributed by atoms with Crippen molar-refractivity contribution in [3.8, 4) is 0 Å². The third kappa shape index (κ3) is 4.39. The molecule has 1 aromatic carbocycles. The first-order valence-corrected chi connectivity index (χ1v) is 13.0. The fourth-order valence-electron chi connectivity index (χ4n) is 5.84. The SMILES string of the molecule is C=C(C1CC1)N1c2ccc(/C(C=N)=C/NC3CCNCC3)c(CC3CCC3)c2CCC1C. The summed E-state index contributed by atoms with van der Waals surface area (Å²) < 4.78 is 0. The van der Waals surface area contributed by atoms with Gasteiger partial charge in [0.2, 0.25) is 0 Å². The van der Waals surface area contributed by atoms with Gasteiger partial charge in [-0.15, -0.1) is 0 Å². The molecule has 32 heavy (non-hydrogen) atoms. The van der Waals surface area contributed by atoms with Crippen LogP contribution < -0.4 is 15.5 Å². The van der Waals surface area contributed by atoms with Crippen LogP contribution in [0.4, 0.5) is 5.69 Å². The molecule has 3 fully saturated rings. The Hall–Kier alpha value is -2.07. The molecule has 172 valence electrons. The van der Waals surface area contributed by atoms with Gasteiger partial charge in [0.05, 0.1) is 0 Å². The maximum absolute atomic E-state index is 8.23. The standard InChI is InChI=1S/C28H40N4/c1-19-6-9-26-27(16-21-4-3-5-21)25(10-11-28(26)32(19)20(2)22-7-8-22)23(17-29)18-31-24-12-14-30-15-13-24/h10-11,17-19,21-22,24,29-31H,2-9,12-16H2,1H3/b23-18+,29-17?. The van der Waals surface area contributed by atoms with Crippen LogP contribution in [0.5, 0.6) is 0 Å². The van der Waals surface area contributed by atoms with Gasteiger partial charge in [-0.2, -0.15) is 0 Å². The van der Waals surface area contributed by atoms with E-state index in [-0.39, 0.29) is 0 Å². The average Bonchev–Trinajstić information content (AvgIpc) is 3.63. The largest absolute Gasteiger partial charge is 0.388 e. The fraction of sp³-hybridized carbons (Fsp3) is 0.607. The predicted molar refractivity (Wildman–Crippen MR) is 135 cm³/mol. The zero-order chi connectivity index (χ0) is 22.1. The summed E-state index contributed by atoms with van der Waals surface area (Å²) in [6.07, 6.45) is 16.2. The van der Waals surface area contributed by atoms with Crippen molar-refractivity contribution in [3.05, 3.63) is 47.3 Å². The summed E-state index contributed by atoms with van der Waals surface area (Å²) in [6, 6.07) is 5.67. The van der Waals surface area contributed by atoms with Crippen molar-refractivity contribution in [2.75, 3.05) is 18.0 Å². The summed E-state index contributed by atoms with van der Waals surface area (Å²) in [6.45, 7) is 9.05. The predicted octanol–water partition coefficient (Wildman–Crippen LogP) is 5.43. The van der Waals surface area contributed by atoms with Gasteiger partial charge in [0.25, 0.3) is 0 Å². The Morgan fingerprint density at radius 3 is 2.59 bits per heavy atom. The van der Waals surface area contributed by atoms with E-state index in [4.69, 9.17) is 5.41 Å². The minimum Gasteiger partial charge on any atom is -0.388 e. The van der Waals surface area contributed by atoms with E-state index in [0.29, 0.717) is 18.0 Å². The third-order valence-corrected chi connectivity index (χ3v) is 8.27. The van der Waals surface area contributed by atoms with Crippen molar-refractivity contribution in [2.24, 2.45) is 11.8 Å². The van der Waals surface area contributed by atoms with E-state index < -0.39 is 0 Å². The molecule has 1 atom stereocenters. The molecule has 0 aromatic heterocycles. The van der Waals surface area contributed by atoms with E-state index in [9.17, 15) is 0 Å². The Morgan fingerprint density at radius 1 is 1.16 bits per heavy atom. The van der Waals surface area contributed by atoms with Gasteiger partial charge < -0.3 is 20.9 Å². The number of benzene rings is 1. The van der Waals surface area contributed by atoms with E-state index in [1.165, 1.54) is 66.6 Å². The normalized spacial score (nSPS) is 24.6. The van der Waals surface area contributed by atoms with Crippen LogP contribution in [0.1, 0.15) is 75.0 Å². The van der Waals surface area contributed by atoms with Crippen LogP contribution in [0, 0.1) is 17.2 Å². The number of fused-ring (bicyclic) bond motifs is 1. The molecule has 3 N–H and O–H groups in total. The third-order valence-electron chi connectivity index (χ3n) is 8.27. The summed E-state index contributed by atoms with van der Waals surface area (Å²) in [5, 5.41) is 15.3. The van der Waals surface area contributed by atoms with Crippen molar-refractivity contribution >= 4 is 17.5 Å². The first-order chi connectivity index (χ1) is 15.7. The smallest absolute Gasteiger partial charge is 0.0446 e. The number of hydrogen-bond donors (Lipinski definition) is 3. The molecule has 0 spiro atoms. The van der Waals surface area contributed by atoms with Gasteiger partial charge in [-0.05, 0) is 99.6 Å². The molecular weight excluding hydrogens is 392 g/mol. The van der Waals surface area contributed by atoms with Crippen LogP contribution in [-0.4, -0.2) is 31.4 Å². The molecule has 4 heteroatoms. The number of nitrogens with zero attached hydrogens (tertiary/aromatic N) is 1. The van der Waals surface area contributed by atoms with Gasteiger partial charge in [0.15, 0.2) is 0 Å². The number of rotatable bonds is 8. The van der Waals surface area contributed by atoms with E-state index in [1.807, 2.05) is 0 Å². The summed E-state index contributed by atoms with van der Waals surface area (Å²) >= 11 is 0. The number of nitrogens with one attached hydrogen (secondary N) is 3. The Bertz CT molecular complexity index is 887. The molecule has 5 rings (SSSR count). The van der Waals surface area contributed by atoms with Crippen molar-refractivity contribution < 1.29 is 0 Å². The highest BCUT2D eigenvalue weighted by atomic mass is 15.2. The van der Waals surface area contributed by atoms with E-state index in [2.05, 4.69) is 47.4 Å². The lowest BCUT2D eigenvalue weighted by molar-refractivity contribution is 0.313. The highest BCUT2D eigenvalue weighted by Gasteiger charge is 2.35. The highest BCUT2D eigenvalue weighted by molar-refractivity contribution is 6.09. The van der Waals surface area contributed by atoms with E-state index >= 15 is 0 Å². The van der Waals surface area contributed by atoms with Crippen LogP contribution in [0.2, 0.25) is 0 Å². The highest BCUT2D eigenvalue weighted by Crippen LogP contribution is 2.45. The van der Waals surface area contributed by atoms with Crippen molar-refractivity contribution in [1.82, 2.24) is 10.6 Å². The van der Waals surface area contributed by atoms with E-state index in [1.54, 1.807) is 6.21 Å². The first kappa shape index (κ1) is 21.8.